The van der Waals surface area contributed by atoms with E-state index in [1.807, 2.05) is 91.0 Å². The third kappa shape index (κ3) is 6.07. The van der Waals surface area contributed by atoms with Gasteiger partial charge in [-0.1, -0.05) is 36.4 Å². The SMILES string of the molecule is CN(CCCNC(=O)c1ccccc1Nc1ccc2c(/C=C/c3ccccn3)n[nH]c2c1)c1ccccc1. The number of anilines is 3. The van der Waals surface area contributed by atoms with Crippen LogP contribution >= 0.6 is 0 Å². The zero-order valence-corrected chi connectivity index (χ0v) is 21.3. The highest BCUT2D eigenvalue weighted by molar-refractivity contribution is 6.00. The van der Waals surface area contributed by atoms with E-state index in [2.05, 4.69) is 49.9 Å². The van der Waals surface area contributed by atoms with Gasteiger partial charge < -0.3 is 15.5 Å². The number of amides is 1. The van der Waals surface area contributed by atoms with Gasteiger partial charge in [-0.3, -0.25) is 14.9 Å². The Hall–Kier alpha value is -4.91. The lowest BCUT2D eigenvalue weighted by Gasteiger charge is -2.19. The molecule has 0 spiro atoms. The zero-order chi connectivity index (χ0) is 26.2. The molecule has 0 aliphatic heterocycles. The molecular weight excluding hydrogens is 472 g/mol. The molecular formula is C31H30N6O. The van der Waals surface area contributed by atoms with Crippen molar-refractivity contribution in [2.24, 2.45) is 0 Å². The number of nitrogens with zero attached hydrogens (tertiary/aromatic N) is 3. The van der Waals surface area contributed by atoms with Gasteiger partial charge in [0.2, 0.25) is 0 Å². The molecule has 190 valence electrons. The first-order valence-corrected chi connectivity index (χ1v) is 12.6. The largest absolute Gasteiger partial charge is 0.375 e. The minimum atomic E-state index is -0.0972. The lowest BCUT2D eigenvalue weighted by atomic mass is 10.1. The van der Waals surface area contributed by atoms with E-state index in [1.165, 1.54) is 5.69 Å². The molecule has 7 heteroatoms. The van der Waals surface area contributed by atoms with Crippen molar-refractivity contribution >= 4 is 46.0 Å². The fourth-order valence-corrected chi connectivity index (χ4v) is 4.26. The molecule has 3 N–H and O–H groups in total. The Morgan fingerprint density at radius 2 is 1.76 bits per heavy atom. The van der Waals surface area contributed by atoms with Gasteiger partial charge in [0.1, 0.15) is 0 Å². The Morgan fingerprint density at radius 3 is 2.61 bits per heavy atom. The Kier molecular flexibility index (Phi) is 7.75. The fourth-order valence-electron chi connectivity index (χ4n) is 4.26. The van der Waals surface area contributed by atoms with Crippen LogP contribution in [0.2, 0.25) is 0 Å². The van der Waals surface area contributed by atoms with E-state index in [0.29, 0.717) is 12.1 Å². The van der Waals surface area contributed by atoms with Gasteiger partial charge in [0.15, 0.2) is 0 Å². The molecule has 0 aliphatic rings. The number of aromatic nitrogens is 3. The first-order valence-electron chi connectivity index (χ1n) is 12.6. The summed E-state index contributed by atoms with van der Waals surface area (Å²) in [5.74, 6) is -0.0972. The highest BCUT2D eigenvalue weighted by atomic mass is 16.1. The van der Waals surface area contributed by atoms with Crippen molar-refractivity contribution in [1.82, 2.24) is 20.5 Å². The number of aromatic amines is 1. The average molecular weight is 503 g/mol. The summed E-state index contributed by atoms with van der Waals surface area (Å²) in [5.41, 5.74) is 6.01. The molecule has 0 saturated carbocycles. The van der Waals surface area contributed by atoms with E-state index in [4.69, 9.17) is 0 Å². The molecule has 5 aromatic rings. The second-order valence-corrected chi connectivity index (χ2v) is 8.99. The van der Waals surface area contributed by atoms with Crippen LogP contribution in [0.25, 0.3) is 23.1 Å². The van der Waals surface area contributed by atoms with Gasteiger partial charge in [0.05, 0.1) is 28.2 Å². The molecule has 2 aromatic heterocycles. The molecule has 0 atom stereocenters. The highest BCUT2D eigenvalue weighted by Gasteiger charge is 2.12. The monoisotopic (exact) mass is 502 g/mol. The number of hydrogen-bond donors (Lipinski definition) is 3. The van der Waals surface area contributed by atoms with Crippen molar-refractivity contribution in [3.8, 4) is 0 Å². The summed E-state index contributed by atoms with van der Waals surface area (Å²) in [6.45, 7) is 1.45. The summed E-state index contributed by atoms with van der Waals surface area (Å²) in [6, 6.07) is 29.6. The second-order valence-electron chi connectivity index (χ2n) is 8.99. The van der Waals surface area contributed by atoms with Crippen LogP contribution in [0.3, 0.4) is 0 Å². The number of carbonyl (C=O) groups is 1. The molecule has 0 bridgehead atoms. The van der Waals surface area contributed by atoms with Crippen LogP contribution in [0, 0.1) is 0 Å². The van der Waals surface area contributed by atoms with Crippen LogP contribution in [0.5, 0.6) is 0 Å². The normalized spacial score (nSPS) is 11.1. The zero-order valence-electron chi connectivity index (χ0n) is 21.3. The van der Waals surface area contributed by atoms with Crippen LogP contribution in [0.1, 0.15) is 28.2 Å². The third-order valence-electron chi connectivity index (χ3n) is 6.30. The molecule has 3 aromatic carbocycles. The van der Waals surface area contributed by atoms with Gasteiger partial charge in [-0.05, 0) is 73.2 Å². The molecule has 0 saturated heterocycles. The summed E-state index contributed by atoms with van der Waals surface area (Å²) < 4.78 is 0. The molecule has 0 radical (unpaired) electrons. The smallest absolute Gasteiger partial charge is 0.253 e. The third-order valence-corrected chi connectivity index (χ3v) is 6.30. The van der Waals surface area contributed by atoms with Crippen LogP contribution in [0.4, 0.5) is 17.1 Å². The number of H-pyrrole nitrogens is 1. The maximum absolute atomic E-state index is 13.0. The van der Waals surface area contributed by atoms with Gasteiger partial charge in [0, 0.05) is 43.1 Å². The number of hydrogen-bond acceptors (Lipinski definition) is 5. The van der Waals surface area contributed by atoms with Crippen LogP contribution in [-0.4, -0.2) is 41.2 Å². The molecule has 0 fully saturated rings. The van der Waals surface area contributed by atoms with E-state index >= 15 is 0 Å². The molecule has 5 rings (SSSR count). The van der Waals surface area contributed by atoms with Crippen molar-refractivity contribution in [2.45, 2.75) is 6.42 Å². The lowest BCUT2D eigenvalue weighted by molar-refractivity contribution is 0.0954. The lowest BCUT2D eigenvalue weighted by Crippen LogP contribution is -2.28. The fraction of sp³-hybridized carbons (Fsp3) is 0.129. The highest BCUT2D eigenvalue weighted by Crippen LogP contribution is 2.26. The van der Waals surface area contributed by atoms with Gasteiger partial charge in [-0.2, -0.15) is 5.10 Å². The minimum absolute atomic E-state index is 0.0972. The molecule has 0 aliphatic carbocycles. The maximum atomic E-state index is 13.0. The van der Waals surface area contributed by atoms with Gasteiger partial charge >= 0.3 is 0 Å². The Morgan fingerprint density at radius 1 is 0.947 bits per heavy atom. The summed E-state index contributed by atoms with van der Waals surface area (Å²) in [6.07, 6.45) is 6.51. The number of nitrogens with one attached hydrogen (secondary N) is 3. The van der Waals surface area contributed by atoms with E-state index in [1.54, 1.807) is 6.20 Å². The van der Waals surface area contributed by atoms with Crippen molar-refractivity contribution in [2.75, 3.05) is 30.4 Å². The second kappa shape index (κ2) is 11.9. The number of para-hydroxylation sites is 2. The number of fused-ring (bicyclic) bond motifs is 1. The topological polar surface area (TPSA) is 85.9 Å². The van der Waals surface area contributed by atoms with Crippen molar-refractivity contribution < 1.29 is 4.79 Å². The van der Waals surface area contributed by atoms with Gasteiger partial charge in [-0.25, -0.2) is 0 Å². The summed E-state index contributed by atoms with van der Waals surface area (Å²) in [7, 11) is 2.06. The van der Waals surface area contributed by atoms with E-state index in [9.17, 15) is 4.79 Å². The molecule has 2 heterocycles. The first-order chi connectivity index (χ1) is 18.7. The standard InChI is InChI=1S/C31H30N6O/c1-37(25-11-3-2-4-12-25)21-9-20-33-31(38)27-13-5-6-14-28(27)34-24-15-17-26-29(35-36-30(26)22-24)18-16-23-10-7-8-19-32-23/h2-8,10-19,22,34H,9,20-21H2,1H3,(H,33,38)(H,35,36)/b18-16+. The predicted octanol–water partition coefficient (Wildman–Crippen LogP) is 6.13. The van der Waals surface area contributed by atoms with Crippen LogP contribution in [0.15, 0.2) is 97.2 Å². The van der Waals surface area contributed by atoms with Gasteiger partial charge in [-0.15, -0.1) is 0 Å². The Labute approximate surface area is 222 Å². The van der Waals surface area contributed by atoms with Gasteiger partial charge in [0.25, 0.3) is 5.91 Å². The summed E-state index contributed by atoms with van der Waals surface area (Å²) in [4.78, 5) is 19.5. The predicted molar refractivity (Wildman–Crippen MR) is 156 cm³/mol. The van der Waals surface area contributed by atoms with E-state index in [-0.39, 0.29) is 5.91 Å². The number of pyridine rings is 1. The summed E-state index contributed by atoms with van der Waals surface area (Å²) in [5, 5.41) is 15.0. The Bertz CT molecular complexity index is 1530. The van der Waals surface area contributed by atoms with Crippen molar-refractivity contribution in [3.63, 3.8) is 0 Å². The number of carbonyl (C=O) groups excluding carboxylic acids is 1. The minimum Gasteiger partial charge on any atom is -0.375 e. The first kappa shape index (κ1) is 24.8. The molecule has 7 nitrogen and oxygen atoms in total. The summed E-state index contributed by atoms with van der Waals surface area (Å²) >= 11 is 0. The molecule has 1 amide bonds. The average Bonchev–Trinajstić information content (AvgIpc) is 3.37. The van der Waals surface area contributed by atoms with E-state index in [0.717, 1.165) is 46.6 Å². The number of benzene rings is 3. The Balaban J connectivity index is 1.21. The van der Waals surface area contributed by atoms with Crippen molar-refractivity contribution in [3.05, 3.63) is 114 Å². The quantitative estimate of drug-likeness (QED) is 0.200. The number of rotatable bonds is 10. The molecule has 0 unspecified atom stereocenters. The van der Waals surface area contributed by atoms with Crippen molar-refractivity contribution in [1.29, 1.82) is 0 Å². The van der Waals surface area contributed by atoms with Crippen LogP contribution < -0.4 is 15.5 Å². The maximum Gasteiger partial charge on any atom is 0.253 e. The molecule has 38 heavy (non-hydrogen) atoms. The van der Waals surface area contributed by atoms with Crippen LogP contribution in [-0.2, 0) is 0 Å². The van der Waals surface area contributed by atoms with E-state index < -0.39 is 0 Å².